The molecule has 0 aliphatic heterocycles. The highest BCUT2D eigenvalue weighted by atomic mass is 35.5. The summed E-state index contributed by atoms with van der Waals surface area (Å²) in [6, 6.07) is 6.23. The summed E-state index contributed by atoms with van der Waals surface area (Å²) in [6.45, 7) is 2.83. The van der Waals surface area contributed by atoms with E-state index >= 15 is 0 Å². The summed E-state index contributed by atoms with van der Waals surface area (Å²) in [5.74, 6) is -1.14. The predicted octanol–water partition coefficient (Wildman–Crippen LogP) is 2.44. The molecule has 1 heterocycles. The number of nitrogens with one attached hydrogen (secondary N) is 2. The molecule has 1 aromatic carbocycles. The molecule has 2 rings (SSSR count). The standard InChI is InChI=1S/C14H14ClN3O4S2/c1-3-11-13(24(21,22)18-8(2)19)23-14(16-11)17-12(20)9-4-6-10(15)7-5-9/h4-7H,3H2,1-2H3,(H,18,19)(H,16,17,20). The fraction of sp³-hybridized carbons (Fsp3) is 0.214. The number of anilines is 1. The number of halogens is 1. The summed E-state index contributed by atoms with van der Waals surface area (Å²) < 4.78 is 26.1. The van der Waals surface area contributed by atoms with Crippen molar-refractivity contribution in [1.82, 2.24) is 9.71 Å². The van der Waals surface area contributed by atoms with Gasteiger partial charge in [0.2, 0.25) is 5.91 Å². The molecular formula is C14H14ClN3O4S2. The van der Waals surface area contributed by atoms with Crippen molar-refractivity contribution in [3.05, 3.63) is 40.5 Å². The normalized spacial score (nSPS) is 11.1. The van der Waals surface area contributed by atoms with Crippen molar-refractivity contribution in [1.29, 1.82) is 0 Å². The van der Waals surface area contributed by atoms with E-state index in [1.165, 1.54) is 0 Å². The maximum absolute atomic E-state index is 12.2. The SMILES string of the molecule is CCc1nc(NC(=O)c2ccc(Cl)cc2)sc1S(=O)(=O)NC(C)=O. The van der Waals surface area contributed by atoms with Gasteiger partial charge in [-0.1, -0.05) is 29.9 Å². The number of aryl methyl sites for hydroxylation is 1. The fourth-order valence-corrected chi connectivity index (χ4v) is 4.51. The molecule has 0 unspecified atom stereocenters. The number of carbonyl (C=O) groups is 2. The van der Waals surface area contributed by atoms with Crippen molar-refractivity contribution in [3.63, 3.8) is 0 Å². The molecule has 0 saturated heterocycles. The van der Waals surface area contributed by atoms with Crippen molar-refractivity contribution in [2.45, 2.75) is 24.5 Å². The monoisotopic (exact) mass is 387 g/mol. The molecule has 0 saturated carbocycles. The van der Waals surface area contributed by atoms with E-state index in [0.717, 1.165) is 18.3 Å². The Balaban J connectivity index is 2.28. The van der Waals surface area contributed by atoms with Gasteiger partial charge in [-0.25, -0.2) is 18.1 Å². The van der Waals surface area contributed by atoms with Crippen LogP contribution in [0.3, 0.4) is 0 Å². The third kappa shape index (κ3) is 4.31. The first-order valence-corrected chi connectivity index (χ1v) is 9.50. The van der Waals surface area contributed by atoms with E-state index < -0.39 is 21.8 Å². The summed E-state index contributed by atoms with van der Waals surface area (Å²) in [4.78, 5) is 27.3. The topological polar surface area (TPSA) is 105 Å². The van der Waals surface area contributed by atoms with E-state index in [9.17, 15) is 18.0 Å². The van der Waals surface area contributed by atoms with Crippen LogP contribution < -0.4 is 10.0 Å². The molecule has 2 aromatic rings. The average molecular weight is 388 g/mol. The van der Waals surface area contributed by atoms with Gasteiger partial charge in [0, 0.05) is 17.5 Å². The smallest absolute Gasteiger partial charge is 0.275 e. The first-order chi connectivity index (χ1) is 11.2. The lowest BCUT2D eigenvalue weighted by molar-refractivity contribution is -0.117. The zero-order valence-corrected chi connectivity index (χ0v) is 15.2. The van der Waals surface area contributed by atoms with Crippen molar-refractivity contribution < 1.29 is 18.0 Å². The molecule has 1 aromatic heterocycles. The van der Waals surface area contributed by atoms with Crippen LogP contribution in [0, 0.1) is 0 Å². The number of benzene rings is 1. The van der Waals surface area contributed by atoms with E-state index in [-0.39, 0.29) is 15.0 Å². The number of hydrogen-bond donors (Lipinski definition) is 2. The number of carbonyl (C=O) groups excluding carboxylic acids is 2. The predicted molar refractivity (Wildman–Crippen MR) is 91.9 cm³/mol. The lowest BCUT2D eigenvalue weighted by Gasteiger charge is -2.02. The molecule has 2 amide bonds. The summed E-state index contributed by atoms with van der Waals surface area (Å²) in [7, 11) is -4.00. The van der Waals surface area contributed by atoms with Gasteiger partial charge in [0.1, 0.15) is 0 Å². The molecule has 0 bridgehead atoms. The van der Waals surface area contributed by atoms with Crippen LogP contribution in [0.1, 0.15) is 29.9 Å². The van der Waals surface area contributed by atoms with Gasteiger partial charge in [0.15, 0.2) is 9.34 Å². The summed E-state index contributed by atoms with van der Waals surface area (Å²) >= 11 is 6.56. The summed E-state index contributed by atoms with van der Waals surface area (Å²) in [5, 5.41) is 3.18. The number of amides is 2. The van der Waals surface area contributed by atoms with Crippen molar-refractivity contribution in [2.75, 3.05) is 5.32 Å². The minimum Gasteiger partial charge on any atom is -0.298 e. The third-order valence-corrected chi connectivity index (χ3v) is 6.09. The maximum Gasteiger partial charge on any atom is 0.275 e. The average Bonchev–Trinajstić information content (AvgIpc) is 2.90. The zero-order valence-electron chi connectivity index (χ0n) is 12.8. The van der Waals surface area contributed by atoms with Gasteiger partial charge in [0.05, 0.1) is 5.69 Å². The van der Waals surface area contributed by atoms with Gasteiger partial charge in [-0.2, -0.15) is 0 Å². The van der Waals surface area contributed by atoms with Crippen molar-refractivity contribution in [2.24, 2.45) is 0 Å². The highest BCUT2D eigenvalue weighted by Gasteiger charge is 2.24. The Labute approximate surface area is 148 Å². The Bertz CT molecular complexity index is 876. The highest BCUT2D eigenvalue weighted by Crippen LogP contribution is 2.28. The second-order valence-corrected chi connectivity index (χ2v) is 8.04. The minimum absolute atomic E-state index is 0.0911. The van der Waals surface area contributed by atoms with Crippen LogP contribution in [0.25, 0.3) is 0 Å². The molecule has 128 valence electrons. The van der Waals surface area contributed by atoms with Crippen molar-refractivity contribution in [3.8, 4) is 0 Å². The van der Waals surface area contributed by atoms with Crippen LogP contribution >= 0.6 is 22.9 Å². The Kier molecular flexibility index (Phi) is 5.58. The molecule has 24 heavy (non-hydrogen) atoms. The molecular weight excluding hydrogens is 374 g/mol. The molecule has 0 atom stereocenters. The van der Waals surface area contributed by atoms with Gasteiger partial charge < -0.3 is 0 Å². The van der Waals surface area contributed by atoms with E-state index in [0.29, 0.717) is 17.0 Å². The number of thiazole rings is 1. The second kappa shape index (κ2) is 7.29. The van der Waals surface area contributed by atoms with Gasteiger partial charge in [0.25, 0.3) is 15.9 Å². The molecule has 2 N–H and O–H groups in total. The Morgan fingerprint density at radius 1 is 1.25 bits per heavy atom. The van der Waals surface area contributed by atoms with Gasteiger partial charge in [-0.3, -0.25) is 14.9 Å². The lowest BCUT2D eigenvalue weighted by atomic mass is 10.2. The number of nitrogens with zero attached hydrogens (tertiary/aromatic N) is 1. The Hall–Kier alpha value is -1.97. The largest absolute Gasteiger partial charge is 0.298 e. The molecule has 0 radical (unpaired) electrons. The first kappa shape index (κ1) is 18.4. The summed E-state index contributed by atoms with van der Waals surface area (Å²) in [6.07, 6.45) is 0.335. The molecule has 7 nitrogen and oxygen atoms in total. The first-order valence-electron chi connectivity index (χ1n) is 6.83. The Morgan fingerprint density at radius 3 is 2.42 bits per heavy atom. The minimum atomic E-state index is -4.00. The number of rotatable bonds is 5. The van der Waals surface area contributed by atoms with Crippen LogP contribution in [-0.4, -0.2) is 25.2 Å². The molecule has 0 spiro atoms. The van der Waals surface area contributed by atoms with Gasteiger partial charge >= 0.3 is 0 Å². The van der Waals surface area contributed by atoms with Crippen LogP contribution in [0.4, 0.5) is 5.13 Å². The zero-order chi connectivity index (χ0) is 17.9. The number of hydrogen-bond acceptors (Lipinski definition) is 6. The molecule has 0 fully saturated rings. The quantitative estimate of drug-likeness (QED) is 0.819. The van der Waals surface area contributed by atoms with E-state index in [1.807, 2.05) is 4.72 Å². The van der Waals surface area contributed by atoms with Crippen LogP contribution in [0.15, 0.2) is 28.5 Å². The van der Waals surface area contributed by atoms with Crippen LogP contribution in [0.5, 0.6) is 0 Å². The second-order valence-electron chi connectivity index (χ2n) is 4.73. The van der Waals surface area contributed by atoms with E-state index in [1.54, 1.807) is 31.2 Å². The van der Waals surface area contributed by atoms with Gasteiger partial charge in [-0.15, -0.1) is 0 Å². The van der Waals surface area contributed by atoms with Crippen LogP contribution in [-0.2, 0) is 21.2 Å². The van der Waals surface area contributed by atoms with Crippen LogP contribution in [0.2, 0.25) is 5.02 Å². The number of sulfonamides is 1. The van der Waals surface area contributed by atoms with Gasteiger partial charge in [-0.05, 0) is 30.7 Å². The highest BCUT2D eigenvalue weighted by molar-refractivity contribution is 7.92. The number of aromatic nitrogens is 1. The fourth-order valence-electron chi connectivity index (χ4n) is 1.83. The van der Waals surface area contributed by atoms with E-state index in [4.69, 9.17) is 11.6 Å². The van der Waals surface area contributed by atoms with E-state index in [2.05, 4.69) is 10.3 Å². The molecule has 0 aliphatic carbocycles. The summed E-state index contributed by atoms with van der Waals surface area (Å²) in [5.41, 5.74) is 0.638. The Morgan fingerprint density at radius 2 is 1.88 bits per heavy atom. The maximum atomic E-state index is 12.2. The lowest BCUT2D eigenvalue weighted by Crippen LogP contribution is -2.28. The molecule has 0 aliphatic rings. The van der Waals surface area contributed by atoms with Crippen molar-refractivity contribution >= 4 is 49.9 Å². The third-order valence-electron chi connectivity index (χ3n) is 2.85. The molecule has 10 heteroatoms.